The molecular formula is C15H23N3O3. The summed E-state index contributed by atoms with van der Waals surface area (Å²) in [5, 5.41) is 0. The molecular weight excluding hydrogens is 270 g/mol. The maximum Gasteiger partial charge on any atom is 0.310 e. The summed E-state index contributed by atoms with van der Waals surface area (Å²) in [6.45, 7) is 4.24. The third-order valence-corrected chi connectivity index (χ3v) is 4.09. The summed E-state index contributed by atoms with van der Waals surface area (Å²) in [4.78, 5) is 30.7. The van der Waals surface area contributed by atoms with Crippen molar-refractivity contribution in [1.29, 1.82) is 0 Å². The van der Waals surface area contributed by atoms with Gasteiger partial charge in [-0.25, -0.2) is 4.98 Å². The minimum atomic E-state index is -0.462. The first-order valence-electron chi connectivity index (χ1n) is 7.55. The molecule has 1 heterocycles. The van der Waals surface area contributed by atoms with Gasteiger partial charge in [0.2, 0.25) is 0 Å². The van der Waals surface area contributed by atoms with Crippen LogP contribution in [0.1, 0.15) is 56.8 Å². The van der Waals surface area contributed by atoms with Crippen molar-refractivity contribution in [1.82, 2.24) is 9.97 Å². The highest BCUT2D eigenvalue weighted by atomic mass is 16.5. The van der Waals surface area contributed by atoms with Crippen LogP contribution < -0.4 is 11.3 Å². The van der Waals surface area contributed by atoms with Crippen molar-refractivity contribution in [3.8, 4) is 0 Å². The van der Waals surface area contributed by atoms with Crippen LogP contribution in [0.3, 0.4) is 0 Å². The summed E-state index contributed by atoms with van der Waals surface area (Å²) < 4.78 is 4.84. The molecule has 0 amide bonds. The smallest absolute Gasteiger partial charge is 0.310 e. The van der Waals surface area contributed by atoms with Gasteiger partial charge < -0.3 is 15.5 Å². The Morgan fingerprint density at radius 3 is 2.62 bits per heavy atom. The molecule has 0 atom stereocenters. The van der Waals surface area contributed by atoms with Gasteiger partial charge in [0.05, 0.1) is 18.6 Å². The number of hydrogen-bond acceptors (Lipinski definition) is 5. The summed E-state index contributed by atoms with van der Waals surface area (Å²) in [7, 11) is 0. The Morgan fingerprint density at radius 1 is 1.38 bits per heavy atom. The highest BCUT2D eigenvalue weighted by Gasteiger charge is 2.23. The SMILES string of the molecule is CCOC(=O)Cc1c(N)nc(C2CCC(C)CC2)[nH]c1=O. The van der Waals surface area contributed by atoms with Gasteiger partial charge in [-0.1, -0.05) is 19.8 Å². The Labute approximate surface area is 124 Å². The Kier molecular flexibility index (Phi) is 4.98. The normalized spacial score (nSPS) is 22.0. The van der Waals surface area contributed by atoms with Crippen LogP contribution in [-0.4, -0.2) is 22.5 Å². The van der Waals surface area contributed by atoms with Crippen molar-refractivity contribution in [3.63, 3.8) is 0 Å². The van der Waals surface area contributed by atoms with E-state index in [1.54, 1.807) is 6.92 Å². The molecule has 1 aliphatic rings. The minimum absolute atomic E-state index is 0.135. The summed E-state index contributed by atoms with van der Waals surface area (Å²) in [6, 6.07) is 0. The van der Waals surface area contributed by atoms with E-state index in [4.69, 9.17) is 10.5 Å². The van der Waals surface area contributed by atoms with Gasteiger partial charge in [0.25, 0.3) is 5.56 Å². The molecule has 0 unspecified atom stereocenters. The predicted octanol–water partition coefficient (Wildman–Crippen LogP) is 1.75. The first kappa shape index (κ1) is 15.5. The summed E-state index contributed by atoms with van der Waals surface area (Å²) in [6.07, 6.45) is 4.17. The summed E-state index contributed by atoms with van der Waals surface area (Å²) in [5.74, 6) is 1.31. The van der Waals surface area contributed by atoms with E-state index in [0.29, 0.717) is 5.82 Å². The Morgan fingerprint density at radius 2 is 2.05 bits per heavy atom. The van der Waals surface area contributed by atoms with Crippen LogP contribution in [0, 0.1) is 5.92 Å². The molecule has 0 spiro atoms. The number of aromatic nitrogens is 2. The quantitative estimate of drug-likeness (QED) is 0.824. The predicted molar refractivity (Wildman–Crippen MR) is 80.0 cm³/mol. The van der Waals surface area contributed by atoms with E-state index in [1.807, 2.05) is 0 Å². The van der Waals surface area contributed by atoms with Gasteiger partial charge >= 0.3 is 5.97 Å². The molecule has 0 aromatic carbocycles. The Hall–Kier alpha value is -1.85. The molecule has 21 heavy (non-hydrogen) atoms. The Balaban J connectivity index is 2.17. The molecule has 0 bridgehead atoms. The fraction of sp³-hybridized carbons (Fsp3) is 0.667. The van der Waals surface area contributed by atoms with Crippen LogP contribution in [0.2, 0.25) is 0 Å². The number of nitrogens with two attached hydrogens (primary N) is 1. The van der Waals surface area contributed by atoms with E-state index in [9.17, 15) is 9.59 Å². The van der Waals surface area contributed by atoms with Crippen molar-refractivity contribution >= 4 is 11.8 Å². The molecule has 1 aliphatic carbocycles. The number of anilines is 1. The van der Waals surface area contributed by atoms with Crippen LogP contribution in [0.15, 0.2) is 4.79 Å². The molecule has 0 radical (unpaired) electrons. The van der Waals surface area contributed by atoms with Gasteiger partial charge in [-0.15, -0.1) is 0 Å². The number of rotatable bonds is 4. The fourth-order valence-corrected chi connectivity index (χ4v) is 2.79. The van der Waals surface area contributed by atoms with Crippen LogP contribution in [0.4, 0.5) is 5.82 Å². The lowest BCUT2D eigenvalue weighted by atomic mass is 9.82. The first-order chi connectivity index (χ1) is 10.0. The van der Waals surface area contributed by atoms with Gasteiger partial charge in [-0.3, -0.25) is 9.59 Å². The molecule has 2 rings (SSSR count). The second-order valence-electron chi connectivity index (χ2n) is 5.75. The maximum absolute atomic E-state index is 12.1. The van der Waals surface area contributed by atoms with Crippen molar-refractivity contribution in [2.75, 3.05) is 12.3 Å². The number of hydrogen-bond donors (Lipinski definition) is 2. The topological polar surface area (TPSA) is 98.1 Å². The van der Waals surface area contributed by atoms with Crippen molar-refractivity contribution in [2.45, 2.75) is 51.9 Å². The molecule has 0 aliphatic heterocycles. The zero-order chi connectivity index (χ0) is 15.4. The van der Waals surface area contributed by atoms with E-state index in [-0.39, 0.29) is 35.9 Å². The molecule has 6 heteroatoms. The van der Waals surface area contributed by atoms with E-state index < -0.39 is 5.97 Å². The molecule has 3 N–H and O–H groups in total. The van der Waals surface area contributed by atoms with Gasteiger partial charge in [-0.2, -0.15) is 0 Å². The van der Waals surface area contributed by atoms with Gasteiger partial charge in [0, 0.05) is 5.92 Å². The number of carbonyl (C=O) groups is 1. The first-order valence-corrected chi connectivity index (χ1v) is 7.55. The lowest BCUT2D eigenvalue weighted by molar-refractivity contribution is -0.142. The highest BCUT2D eigenvalue weighted by Crippen LogP contribution is 2.33. The number of nitrogen functional groups attached to an aromatic ring is 1. The largest absolute Gasteiger partial charge is 0.466 e. The standard InChI is InChI=1S/C15H23N3O3/c1-3-21-12(19)8-11-13(16)17-14(18-15(11)20)10-6-4-9(2)5-7-10/h9-10H,3-8H2,1-2H3,(H3,16,17,18,20). The molecule has 1 fully saturated rings. The van der Waals surface area contributed by atoms with Crippen LogP contribution in [0.25, 0.3) is 0 Å². The van der Waals surface area contributed by atoms with Gasteiger partial charge in [-0.05, 0) is 25.7 Å². The van der Waals surface area contributed by atoms with Crippen LogP contribution >= 0.6 is 0 Å². The zero-order valence-corrected chi connectivity index (χ0v) is 12.6. The molecule has 1 saturated carbocycles. The summed E-state index contributed by atoms with van der Waals surface area (Å²) in [5.41, 5.74) is 5.73. The molecule has 0 saturated heterocycles. The molecule has 116 valence electrons. The second-order valence-corrected chi connectivity index (χ2v) is 5.75. The highest BCUT2D eigenvalue weighted by molar-refractivity contribution is 5.74. The van der Waals surface area contributed by atoms with E-state index >= 15 is 0 Å². The third kappa shape index (κ3) is 3.83. The maximum atomic E-state index is 12.1. The Bertz CT molecular complexity index is 560. The number of esters is 1. The third-order valence-electron chi connectivity index (χ3n) is 4.09. The number of ether oxygens (including phenoxy) is 1. The monoisotopic (exact) mass is 293 g/mol. The number of carbonyl (C=O) groups excluding carboxylic acids is 1. The number of nitrogens with zero attached hydrogens (tertiary/aromatic N) is 1. The van der Waals surface area contributed by atoms with Gasteiger partial charge in [0.1, 0.15) is 11.6 Å². The van der Waals surface area contributed by atoms with E-state index in [2.05, 4.69) is 16.9 Å². The van der Waals surface area contributed by atoms with Crippen molar-refractivity contribution < 1.29 is 9.53 Å². The van der Waals surface area contributed by atoms with Crippen LogP contribution in [-0.2, 0) is 16.0 Å². The lowest BCUT2D eigenvalue weighted by Crippen LogP contribution is -2.25. The lowest BCUT2D eigenvalue weighted by Gasteiger charge is -2.25. The molecule has 1 aromatic rings. The second kappa shape index (κ2) is 6.74. The fourth-order valence-electron chi connectivity index (χ4n) is 2.79. The average Bonchev–Trinajstić information content (AvgIpc) is 2.44. The van der Waals surface area contributed by atoms with Crippen molar-refractivity contribution in [3.05, 3.63) is 21.7 Å². The number of nitrogens with one attached hydrogen (secondary N) is 1. The minimum Gasteiger partial charge on any atom is -0.466 e. The number of H-pyrrole nitrogens is 1. The number of aromatic amines is 1. The van der Waals surface area contributed by atoms with E-state index in [0.717, 1.165) is 31.6 Å². The van der Waals surface area contributed by atoms with Crippen LogP contribution in [0.5, 0.6) is 0 Å². The van der Waals surface area contributed by atoms with E-state index in [1.165, 1.54) is 0 Å². The zero-order valence-electron chi connectivity index (χ0n) is 12.6. The summed E-state index contributed by atoms with van der Waals surface area (Å²) >= 11 is 0. The molecule has 6 nitrogen and oxygen atoms in total. The van der Waals surface area contributed by atoms with Crippen molar-refractivity contribution in [2.24, 2.45) is 5.92 Å². The average molecular weight is 293 g/mol. The van der Waals surface area contributed by atoms with Gasteiger partial charge in [0.15, 0.2) is 0 Å². The molecule has 1 aromatic heterocycles.